The van der Waals surface area contributed by atoms with Gasteiger partial charge in [0.15, 0.2) is 0 Å². The van der Waals surface area contributed by atoms with Gasteiger partial charge >= 0.3 is 11.9 Å². The average molecular weight is 451 g/mol. The van der Waals surface area contributed by atoms with Gasteiger partial charge in [0, 0.05) is 15.6 Å². The minimum Gasteiger partial charge on any atom is -0.462 e. The van der Waals surface area contributed by atoms with Gasteiger partial charge in [0.25, 0.3) is 0 Å². The molecule has 0 atom stereocenters. The highest BCUT2D eigenvalue weighted by molar-refractivity contribution is 6.35. The Morgan fingerprint density at radius 3 is 2.03 bits per heavy atom. The molecule has 0 aliphatic carbocycles. The molecule has 0 fully saturated rings. The maximum Gasteiger partial charge on any atom is 0.339 e. The van der Waals surface area contributed by atoms with E-state index in [2.05, 4.69) is 6.92 Å². The topological polar surface area (TPSA) is 52.6 Å². The van der Waals surface area contributed by atoms with E-state index in [1.807, 2.05) is 0 Å². The minimum absolute atomic E-state index is 0.0176. The summed E-state index contributed by atoms with van der Waals surface area (Å²) in [6.07, 6.45) is 7.97. The van der Waals surface area contributed by atoms with Crippen LogP contribution in [0.4, 0.5) is 0 Å². The van der Waals surface area contributed by atoms with Crippen LogP contribution in [0.1, 0.15) is 78.1 Å². The Labute approximate surface area is 188 Å². The quantitative estimate of drug-likeness (QED) is 0.252. The molecule has 0 radical (unpaired) electrons. The number of esters is 2. The molecule has 2 rings (SSSR count). The summed E-state index contributed by atoms with van der Waals surface area (Å²) in [6.45, 7) is 2.52. The van der Waals surface area contributed by atoms with Crippen LogP contribution >= 0.6 is 23.2 Å². The van der Waals surface area contributed by atoms with Gasteiger partial charge in [0.05, 0.1) is 17.7 Å². The lowest BCUT2D eigenvalue weighted by atomic mass is 10.1. The third-order valence-electron chi connectivity index (χ3n) is 4.72. The van der Waals surface area contributed by atoms with E-state index in [0.717, 1.165) is 19.3 Å². The second kappa shape index (κ2) is 13.3. The maximum atomic E-state index is 12.5. The lowest BCUT2D eigenvalue weighted by Gasteiger charge is -2.11. The smallest absolute Gasteiger partial charge is 0.339 e. The summed E-state index contributed by atoms with van der Waals surface area (Å²) in [5, 5.41) is 0.918. The van der Waals surface area contributed by atoms with Crippen LogP contribution in [-0.4, -0.2) is 18.5 Å². The number of rotatable bonds is 12. The van der Waals surface area contributed by atoms with Gasteiger partial charge in [0.2, 0.25) is 0 Å². The third-order valence-corrected chi connectivity index (χ3v) is 5.31. The van der Waals surface area contributed by atoms with E-state index in [1.54, 1.807) is 42.5 Å². The van der Waals surface area contributed by atoms with Crippen molar-refractivity contribution in [3.63, 3.8) is 0 Å². The molecule has 0 N–H and O–H groups in total. The molecule has 0 saturated carbocycles. The Morgan fingerprint density at radius 1 is 0.800 bits per heavy atom. The van der Waals surface area contributed by atoms with E-state index in [1.165, 1.54) is 25.7 Å². The van der Waals surface area contributed by atoms with Crippen LogP contribution < -0.4 is 0 Å². The van der Waals surface area contributed by atoms with Crippen molar-refractivity contribution in [2.45, 2.75) is 58.5 Å². The summed E-state index contributed by atoms with van der Waals surface area (Å²) in [4.78, 5) is 25.0. The second-order valence-electron chi connectivity index (χ2n) is 7.11. The lowest BCUT2D eigenvalue weighted by molar-refractivity contribution is 0.0436. The van der Waals surface area contributed by atoms with E-state index in [0.29, 0.717) is 22.2 Å². The van der Waals surface area contributed by atoms with Gasteiger partial charge in [-0.15, -0.1) is 0 Å². The first-order valence-corrected chi connectivity index (χ1v) is 11.2. The molecule has 0 aliphatic rings. The molecule has 30 heavy (non-hydrogen) atoms. The summed E-state index contributed by atoms with van der Waals surface area (Å²) in [5.41, 5.74) is 1.01. The highest BCUT2D eigenvalue weighted by Crippen LogP contribution is 2.22. The molecule has 0 saturated heterocycles. The number of benzene rings is 2. The van der Waals surface area contributed by atoms with E-state index < -0.39 is 11.9 Å². The normalized spacial score (nSPS) is 10.6. The zero-order valence-electron chi connectivity index (χ0n) is 17.3. The van der Waals surface area contributed by atoms with Crippen LogP contribution in [0.5, 0.6) is 0 Å². The van der Waals surface area contributed by atoms with Crippen LogP contribution in [0.15, 0.2) is 42.5 Å². The molecule has 2 aromatic rings. The van der Waals surface area contributed by atoms with E-state index >= 15 is 0 Å². The number of ether oxygens (including phenoxy) is 2. The van der Waals surface area contributed by atoms with E-state index in [-0.39, 0.29) is 17.7 Å². The van der Waals surface area contributed by atoms with Crippen LogP contribution in [0.25, 0.3) is 0 Å². The molecule has 0 unspecified atom stereocenters. The van der Waals surface area contributed by atoms with Crippen molar-refractivity contribution < 1.29 is 19.1 Å². The molecule has 0 amide bonds. The molecular weight excluding hydrogens is 423 g/mol. The van der Waals surface area contributed by atoms with Crippen molar-refractivity contribution in [3.05, 3.63) is 69.2 Å². The van der Waals surface area contributed by atoms with Gasteiger partial charge in [-0.05, 0) is 30.7 Å². The Morgan fingerprint density at radius 2 is 1.40 bits per heavy atom. The molecule has 0 bridgehead atoms. The lowest BCUT2D eigenvalue weighted by Crippen LogP contribution is -2.14. The van der Waals surface area contributed by atoms with Gasteiger partial charge in [-0.25, -0.2) is 9.59 Å². The predicted octanol–water partition coefficient (Wildman–Crippen LogP) is 7.26. The van der Waals surface area contributed by atoms with Crippen molar-refractivity contribution in [2.24, 2.45) is 0 Å². The van der Waals surface area contributed by atoms with Crippen LogP contribution in [0.3, 0.4) is 0 Å². The highest BCUT2D eigenvalue weighted by Gasteiger charge is 2.19. The van der Waals surface area contributed by atoms with Crippen LogP contribution in [0, 0.1) is 0 Å². The standard InChI is InChI=1S/C24H28Cl2O4/c1-2-3-4-5-6-7-10-15-29-23(27)20-11-8-9-12-21(20)24(28)30-17-18-13-14-19(25)16-22(18)26/h8-9,11-14,16H,2-7,10,15,17H2,1H3. The van der Waals surface area contributed by atoms with Gasteiger partial charge in [0.1, 0.15) is 6.61 Å². The fraction of sp³-hybridized carbons (Fsp3) is 0.417. The first-order chi connectivity index (χ1) is 14.5. The van der Waals surface area contributed by atoms with Crippen LogP contribution in [0.2, 0.25) is 10.0 Å². The average Bonchev–Trinajstić information content (AvgIpc) is 2.74. The number of halogens is 2. The maximum absolute atomic E-state index is 12.5. The summed E-state index contributed by atoms with van der Waals surface area (Å²) in [7, 11) is 0. The molecule has 6 heteroatoms. The molecule has 2 aromatic carbocycles. The number of carbonyl (C=O) groups excluding carboxylic acids is 2. The van der Waals surface area contributed by atoms with Gasteiger partial charge in [-0.2, -0.15) is 0 Å². The van der Waals surface area contributed by atoms with E-state index in [9.17, 15) is 9.59 Å². The zero-order chi connectivity index (χ0) is 21.8. The van der Waals surface area contributed by atoms with Gasteiger partial charge in [-0.1, -0.05) is 86.8 Å². The molecule has 0 spiro atoms. The van der Waals surface area contributed by atoms with Crippen molar-refractivity contribution in [3.8, 4) is 0 Å². The van der Waals surface area contributed by atoms with E-state index in [4.69, 9.17) is 32.7 Å². The molecule has 0 aromatic heterocycles. The molecule has 0 heterocycles. The largest absolute Gasteiger partial charge is 0.462 e. The first-order valence-electron chi connectivity index (χ1n) is 10.4. The molecule has 4 nitrogen and oxygen atoms in total. The molecule has 0 aliphatic heterocycles. The monoisotopic (exact) mass is 450 g/mol. The summed E-state index contributed by atoms with van der Waals surface area (Å²) in [5.74, 6) is -1.12. The van der Waals surface area contributed by atoms with Crippen molar-refractivity contribution in [1.82, 2.24) is 0 Å². The first kappa shape index (κ1) is 24.2. The Hall–Kier alpha value is -2.04. The summed E-state index contributed by atoms with van der Waals surface area (Å²) >= 11 is 12.0. The second-order valence-corrected chi connectivity index (χ2v) is 7.96. The van der Waals surface area contributed by atoms with Crippen LogP contribution in [-0.2, 0) is 16.1 Å². The van der Waals surface area contributed by atoms with Gasteiger partial charge in [-0.3, -0.25) is 0 Å². The Kier molecular flexibility index (Phi) is 10.7. The van der Waals surface area contributed by atoms with Gasteiger partial charge < -0.3 is 9.47 Å². The Bertz CT molecular complexity index is 836. The fourth-order valence-electron chi connectivity index (χ4n) is 3.00. The third kappa shape index (κ3) is 8.00. The van der Waals surface area contributed by atoms with Crippen molar-refractivity contribution >= 4 is 35.1 Å². The number of hydrogen-bond donors (Lipinski definition) is 0. The van der Waals surface area contributed by atoms with Crippen molar-refractivity contribution in [1.29, 1.82) is 0 Å². The summed E-state index contributed by atoms with van der Waals surface area (Å²) in [6, 6.07) is 11.4. The molecule has 162 valence electrons. The highest BCUT2D eigenvalue weighted by atomic mass is 35.5. The number of unbranched alkanes of at least 4 members (excludes halogenated alkanes) is 6. The SMILES string of the molecule is CCCCCCCCCOC(=O)c1ccccc1C(=O)OCc1ccc(Cl)cc1Cl. The summed E-state index contributed by atoms with van der Waals surface area (Å²) < 4.78 is 10.7. The van der Waals surface area contributed by atoms with Crippen molar-refractivity contribution in [2.75, 3.05) is 6.61 Å². The Balaban J connectivity index is 1.85. The number of hydrogen-bond acceptors (Lipinski definition) is 4. The minimum atomic E-state index is -0.607. The predicted molar refractivity (Wildman–Crippen MR) is 120 cm³/mol. The number of carbonyl (C=O) groups is 2. The zero-order valence-corrected chi connectivity index (χ0v) is 18.8. The fourth-order valence-corrected chi connectivity index (χ4v) is 3.46. The molecular formula is C24H28Cl2O4.